The number of benzene rings is 2. The van der Waals surface area contributed by atoms with Gasteiger partial charge in [0.15, 0.2) is 0 Å². The maximum atomic E-state index is 13.3. The highest BCUT2D eigenvalue weighted by molar-refractivity contribution is 6.10. The zero-order chi connectivity index (χ0) is 22.4. The molecule has 8 heteroatoms. The molecule has 2 aromatic carbocycles. The summed E-state index contributed by atoms with van der Waals surface area (Å²) in [5, 5.41) is 8.01. The highest BCUT2D eigenvalue weighted by Gasteiger charge is 2.52. The Kier molecular flexibility index (Phi) is 6.69. The van der Waals surface area contributed by atoms with Gasteiger partial charge < -0.3 is 16.0 Å². The van der Waals surface area contributed by atoms with E-state index in [1.165, 1.54) is 7.05 Å². The number of imide groups is 1. The van der Waals surface area contributed by atoms with E-state index < -0.39 is 29.9 Å². The van der Waals surface area contributed by atoms with Crippen molar-refractivity contribution in [1.82, 2.24) is 15.5 Å². The van der Waals surface area contributed by atoms with Crippen molar-refractivity contribution in [3.05, 3.63) is 65.7 Å². The number of amides is 5. The lowest BCUT2D eigenvalue weighted by Gasteiger charge is -2.27. The highest BCUT2D eigenvalue weighted by Crippen LogP contribution is 2.34. The van der Waals surface area contributed by atoms with E-state index in [2.05, 4.69) is 16.0 Å². The molecule has 1 aliphatic heterocycles. The van der Waals surface area contributed by atoms with E-state index in [-0.39, 0.29) is 5.91 Å². The van der Waals surface area contributed by atoms with Gasteiger partial charge in [-0.1, -0.05) is 50.1 Å². The third-order valence-electron chi connectivity index (χ3n) is 5.31. The Balaban J connectivity index is 1.74. The molecule has 1 aliphatic rings. The number of unbranched alkanes of at least 4 members (excludes halogenated alkanes) is 1. The van der Waals surface area contributed by atoms with E-state index >= 15 is 0 Å². The Hall–Kier alpha value is -3.68. The minimum Gasteiger partial charge on any atom is -0.355 e. The molecule has 1 heterocycles. The summed E-state index contributed by atoms with van der Waals surface area (Å²) in [5.74, 6) is -1.17. The van der Waals surface area contributed by atoms with Gasteiger partial charge in [0.05, 0.1) is 0 Å². The summed E-state index contributed by atoms with van der Waals surface area (Å²) in [5.41, 5.74) is 0.460. The first kappa shape index (κ1) is 22.0. The van der Waals surface area contributed by atoms with Crippen molar-refractivity contribution in [3.63, 3.8) is 0 Å². The standard InChI is InChI=1S/C23H26N4O4/c1-3-4-14-23(17-8-6-5-7-9-17)21(30)27(22(31)26-23)15-19(28)25-18-12-10-16(11-13-18)20(29)24-2/h5-13H,3-4,14-15H2,1-2H3,(H,24,29)(H,25,28)(H,26,31). The van der Waals surface area contributed by atoms with E-state index in [4.69, 9.17) is 0 Å². The largest absolute Gasteiger partial charge is 0.355 e. The summed E-state index contributed by atoms with van der Waals surface area (Å²) in [6, 6.07) is 14.8. The van der Waals surface area contributed by atoms with Gasteiger partial charge in [-0.15, -0.1) is 0 Å². The predicted octanol–water partition coefficient (Wildman–Crippen LogP) is 2.62. The molecule has 2 aromatic rings. The van der Waals surface area contributed by atoms with Crippen LogP contribution in [0.15, 0.2) is 54.6 Å². The molecule has 162 valence electrons. The molecule has 0 radical (unpaired) electrons. The zero-order valence-corrected chi connectivity index (χ0v) is 17.6. The highest BCUT2D eigenvalue weighted by atomic mass is 16.2. The van der Waals surface area contributed by atoms with Crippen molar-refractivity contribution >= 4 is 29.4 Å². The van der Waals surface area contributed by atoms with Crippen LogP contribution in [0.5, 0.6) is 0 Å². The van der Waals surface area contributed by atoms with Crippen LogP contribution in [0.1, 0.15) is 42.1 Å². The number of carbonyl (C=O) groups excluding carboxylic acids is 4. The minimum absolute atomic E-state index is 0.235. The van der Waals surface area contributed by atoms with Crippen molar-refractivity contribution in [1.29, 1.82) is 0 Å². The maximum absolute atomic E-state index is 13.3. The summed E-state index contributed by atoms with van der Waals surface area (Å²) < 4.78 is 0. The van der Waals surface area contributed by atoms with Crippen molar-refractivity contribution in [2.45, 2.75) is 31.7 Å². The van der Waals surface area contributed by atoms with Crippen LogP contribution in [-0.2, 0) is 15.1 Å². The van der Waals surface area contributed by atoms with Crippen molar-refractivity contribution in [2.75, 3.05) is 18.9 Å². The number of nitrogens with one attached hydrogen (secondary N) is 3. The smallest absolute Gasteiger partial charge is 0.325 e. The first-order chi connectivity index (χ1) is 14.9. The van der Waals surface area contributed by atoms with Gasteiger partial charge in [-0.3, -0.25) is 19.3 Å². The van der Waals surface area contributed by atoms with E-state index in [1.54, 1.807) is 24.3 Å². The SMILES string of the molecule is CCCCC1(c2ccccc2)NC(=O)N(CC(=O)Nc2ccc(C(=O)NC)cc2)C1=O. The summed E-state index contributed by atoms with van der Waals surface area (Å²) in [4.78, 5) is 51.1. The van der Waals surface area contributed by atoms with Crippen molar-refractivity contribution in [2.24, 2.45) is 0 Å². The van der Waals surface area contributed by atoms with Gasteiger partial charge in [0.25, 0.3) is 11.8 Å². The van der Waals surface area contributed by atoms with Gasteiger partial charge in [0.1, 0.15) is 12.1 Å². The lowest BCUT2D eigenvalue weighted by molar-refractivity contribution is -0.134. The second-order valence-corrected chi connectivity index (χ2v) is 7.40. The Bertz CT molecular complexity index is 975. The average Bonchev–Trinajstić information content (AvgIpc) is 3.03. The van der Waals surface area contributed by atoms with Gasteiger partial charge in [0.2, 0.25) is 5.91 Å². The molecular formula is C23H26N4O4. The summed E-state index contributed by atoms with van der Waals surface area (Å²) in [6.07, 6.45) is 2.07. The predicted molar refractivity (Wildman–Crippen MR) is 116 cm³/mol. The third-order valence-corrected chi connectivity index (χ3v) is 5.31. The fourth-order valence-corrected chi connectivity index (χ4v) is 3.64. The lowest BCUT2D eigenvalue weighted by Crippen LogP contribution is -2.44. The third kappa shape index (κ3) is 4.58. The molecule has 0 saturated carbocycles. The first-order valence-electron chi connectivity index (χ1n) is 10.2. The van der Waals surface area contributed by atoms with Crippen molar-refractivity contribution in [3.8, 4) is 0 Å². The lowest BCUT2D eigenvalue weighted by atomic mass is 9.85. The molecule has 1 atom stereocenters. The van der Waals surface area contributed by atoms with Gasteiger partial charge in [-0.25, -0.2) is 4.79 Å². The van der Waals surface area contributed by atoms with Crippen LogP contribution in [0, 0.1) is 0 Å². The second kappa shape index (κ2) is 9.42. The van der Waals surface area contributed by atoms with Crippen LogP contribution in [0.3, 0.4) is 0 Å². The quantitative estimate of drug-likeness (QED) is 0.569. The number of nitrogens with zero attached hydrogens (tertiary/aromatic N) is 1. The molecule has 8 nitrogen and oxygen atoms in total. The average molecular weight is 422 g/mol. The summed E-state index contributed by atoms with van der Waals surface area (Å²) in [6.45, 7) is 1.61. The second-order valence-electron chi connectivity index (χ2n) is 7.40. The molecule has 0 spiro atoms. The Morgan fingerprint density at radius 2 is 1.71 bits per heavy atom. The van der Waals surface area contributed by atoms with Gasteiger partial charge >= 0.3 is 6.03 Å². The maximum Gasteiger partial charge on any atom is 0.325 e. The first-order valence-corrected chi connectivity index (χ1v) is 10.2. The zero-order valence-electron chi connectivity index (χ0n) is 17.6. The Morgan fingerprint density at radius 3 is 2.32 bits per heavy atom. The molecule has 0 aromatic heterocycles. The fraction of sp³-hybridized carbons (Fsp3) is 0.304. The Morgan fingerprint density at radius 1 is 1.03 bits per heavy atom. The molecule has 1 fully saturated rings. The van der Waals surface area contributed by atoms with Crippen LogP contribution >= 0.6 is 0 Å². The molecule has 1 unspecified atom stereocenters. The molecule has 5 amide bonds. The van der Waals surface area contributed by atoms with E-state index in [0.717, 1.165) is 17.7 Å². The van der Waals surface area contributed by atoms with Crippen molar-refractivity contribution < 1.29 is 19.2 Å². The van der Waals surface area contributed by atoms with Crippen LogP contribution in [0.2, 0.25) is 0 Å². The molecular weight excluding hydrogens is 396 g/mol. The van der Waals surface area contributed by atoms with Gasteiger partial charge in [-0.05, 0) is 36.2 Å². The number of hydrogen-bond acceptors (Lipinski definition) is 4. The number of hydrogen-bond donors (Lipinski definition) is 3. The number of rotatable bonds is 8. The molecule has 31 heavy (non-hydrogen) atoms. The van der Waals surface area contributed by atoms with Crippen LogP contribution in [0.4, 0.5) is 10.5 Å². The van der Waals surface area contributed by atoms with E-state index in [0.29, 0.717) is 23.2 Å². The number of carbonyl (C=O) groups is 4. The van der Waals surface area contributed by atoms with Gasteiger partial charge in [0, 0.05) is 18.3 Å². The molecule has 0 bridgehead atoms. The molecule has 3 rings (SSSR count). The van der Waals surface area contributed by atoms with E-state index in [9.17, 15) is 19.2 Å². The summed E-state index contributed by atoms with van der Waals surface area (Å²) >= 11 is 0. The van der Waals surface area contributed by atoms with Crippen LogP contribution < -0.4 is 16.0 Å². The Labute approximate surface area is 181 Å². The van der Waals surface area contributed by atoms with Crippen LogP contribution in [-0.4, -0.2) is 42.2 Å². The van der Waals surface area contributed by atoms with Gasteiger partial charge in [-0.2, -0.15) is 0 Å². The monoisotopic (exact) mass is 422 g/mol. The number of anilines is 1. The molecule has 3 N–H and O–H groups in total. The minimum atomic E-state index is -1.16. The normalized spacial score (nSPS) is 17.9. The van der Waals surface area contributed by atoms with E-state index in [1.807, 2.05) is 37.3 Å². The van der Waals surface area contributed by atoms with Crippen LogP contribution in [0.25, 0.3) is 0 Å². The topological polar surface area (TPSA) is 108 Å². The molecule has 0 aliphatic carbocycles. The number of urea groups is 1. The molecule has 1 saturated heterocycles. The fourth-order valence-electron chi connectivity index (χ4n) is 3.64. The summed E-state index contributed by atoms with van der Waals surface area (Å²) in [7, 11) is 1.53.